The molecule has 28 heavy (non-hydrogen) atoms. The van der Waals surface area contributed by atoms with Crippen LogP contribution in [-0.2, 0) is 9.59 Å². The minimum absolute atomic E-state index is 0.0856. The molecular weight excluding hydrogens is 352 g/mol. The first-order valence-electron chi connectivity index (χ1n) is 9.55. The number of hydrogen-bond acceptors (Lipinski definition) is 3. The molecule has 1 unspecified atom stereocenters. The van der Waals surface area contributed by atoms with E-state index in [4.69, 9.17) is 4.74 Å². The summed E-state index contributed by atoms with van der Waals surface area (Å²) in [5.74, 6) is 0.754. The first-order valence-corrected chi connectivity index (χ1v) is 9.55. The van der Waals surface area contributed by atoms with Crippen LogP contribution >= 0.6 is 0 Å². The lowest BCUT2D eigenvalue weighted by molar-refractivity contribution is -0.123. The van der Waals surface area contributed by atoms with Crippen molar-refractivity contribution >= 4 is 23.2 Å². The lowest BCUT2D eigenvalue weighted by Crippen LogP contribution is -2.30. The highest BCUT2D eigenvalue weighted by atomic mass is 16.5. The van der Waals surface area contributed by atoms with Crippen LogP contribution in [0.1, 0.15) is 53.0 Å². The summed E-state index contributed by atoms with van der Waals surface area (Å²) >= 11 is 0. The average Bonchev–Trinajstić information content (AvgIpc) is 2.61. The average molecular weight is 383 g/mol. The van der Waals surface area contributed by atoms with Gasteiger partial charge in [-0.15, -0.1) is 0 Å². The summed E-state index contributed by atoms with van der Waals surface area (Å²) < 4.78 is 5.74. The maximum Gasteiger partial charge on any atom is 0.265 e. The van der Waals surface area contributed by atoms with Gasteiger partial charge in [-0.25, -0.2) is 0 Å². The van der Waals surface area contributed by atoms with Gasteiger partial charge in [-0.3, -0.25) is 9.59 Å². The van der Waals surface area contributed by atoms with E-state index in [0.29, 0.717) is 23.0 Å². The topological polar surface area (TPSA) is 67.4 Å². The summed E-state index contributed by atoms with van der Waals surface area (Å²) in [4.78, 5) is 24.6. The minimum atomic E-state index is -0.655. The molecule has 2 aromatic rings. The molecule has 150 valence electrons. The van der Waals surface area contributed by atoms with Crippen LogP contribution in [0.3, 0.4) is 0 Å². The summed E-state index contributed by atoms with van der Waals surface area (Å²) in [7, 11) is 0. The molecule has 0 saturated heterocycles. The van der Waals surface area contributed by atoms with E-state index in [1.165, 1.54) is 5.56 Å². The molecular formula is C23H30N2O3. The van der Waals surface area contributed by atoms with Crippen LogP contribution in [0.2, 0.25) is 0 Å². The first-order chi connectivity index (χ1) is 13.1. The molecule has 0 aromatic heterocycles. The number of ether oxygens (including phenoxy) is 1. The molecule has 2 N–H and O–H groups in total. The van der Waals surface area contributed by atoms with Gasteiger partial charge in [0.2, 0.25) is 5.91 Å². The minimum Gasteiger partial charge on any atom is -0.481 e. The van der Waals surface area contributed by atoms with Crippen molar-refractivity contribution in [2.45, 2.75) is 53.6 Å². The second kappa shape index (κ2) is 8.91. The number of anilines is 2. The number of amides is 2. The third kappa shape index (κ3) is 6.12. The van der Waals surface area contributed by atoms with E-state index >= 15 is 0 Å². The van der Waals surface area contributed by atoms with E-state index in [1.54, 1.807) is 31.2 Å². The van der Waals surface area contributed by atoms with Gasteiger partial charge in [0.25, 0.3) is 5.91 Å². The highest BCUT2D eigenvalue weighted by molar-refractivity contribution is 5.97. The van der Waals surface area contributed by atoms with Crippen molar-refractivity contribution in [3.8, 4) is 5.75 Å². The van der Waals surface area contributed by atoms with Gasteiger partial charge in [0.1, 0.15) is 5.75 Å². The highest BCUT2D eigenvalue weighted by Gasteiger charge is 2.21. The van der Waals surface area contributed by atoms with E-state index in [-0.39, 0.29) is 11.8 Å². The first kappa shape index (κ1) is 21.5. The third-order valence-corrected chi connectivity index (χ3v) is 4.30. The van der Waals surface area contributed by atoms with Crippen LogP contribution in [0.4, 0.5) is 11.4 Å². The zero-order valence-electron chi connectivity index (χ0n) is 17.5. The maximum absolute atomic E-state index is 12.5. The summed E-state index contributed by atoms with van der Waals surface area (Å²) in [6.07, 6.45) is -0.655. The third-order valence-electron chi connectivity index (χ3n) is 4.30. The molecule has 5 nitrogen and oxygen atoms in total. The Labute approximate surface area is 167 Å². The summed E-state index contributed by atoms with van der Waals surface area (Å²) in [5.41, 5.74) is 1.96. The van der Waals surface area contributed by atoms with Crippen molar-refractivity contribution in [3.63, 3.8) is 0 Å². The van der Waals surface area contributed by atoms with Gasteiger partial charge >= 0.3 is 0 Å². The standard InChI is InChI=1S/C23H30N2O3/c1-15(2)17-10-12-20(13-11-17)28-16(3)21(26)24-18-8-7-9-19(14-18)25-22(27)23(4,5)6/h7-16H,1-6H3,(H,24,26)(H,25,27). The number of rotatable bonds is 6. The fourth-order valence-corrected chi connectivity index (χ4v) is 2.43. The van der Waals surface area contributed by atoms with Crippen molar-refractivity contribution < 1.29 is 14.3 Å². The van der Waals surface area contributed by atoms with Gasteiger partial charge in [-0.1, -0.05) is 52.8 Å². The zero-order valence-corrected chi connectivity index (χ0v) is 17.5. The van der Waals surface area contributed by atoms with Crippen LogP contribution in [0.5, 0.6) is 5.75 Å². The molecule has 0 heterocycles. The maximum atomic E-state index is 12.5. The fraction of sp³-hybridized carbons (Fsp3) is 0.391. The fourth-order valence-electron chi connectivity index (χ4n) is 2.43. The normalized spacial score (nSPS) is 12.4. The molecule has 0 bridgehead atoms. The van der Waals surface area contributed by atoms with Crippen molar-refractivity contribution in [2.75, 3.05) is 10.6 Å². The lowest BCUT2D eigenvalue weighted by atomic mass is 9.95. The van der Waals surface area contributed by atoms with E-state index in [0.717, 1.165) is 0 Å². The smallest absolute Gasteiger partial charge is 0.265 e. The largest absolute Gasteiger partial charge is 0.481 e. The predicted molar refractivity (Wildman–Crippen MR) is 114 cm³/mol. The number of nitrogens with one attached hydrogen (secondary N) is 2. The Kier molecular flexibility index (Phi) is 6.84. The van der Waals surface area contributed by atoms with Gasteiger partial charge in [0.05, 0.1) is 0 Å². The Morgan fingerprint density at radius 1 is 0.893 bits per heavy atom. The monoisotopic (exact) mass is 382 g/mol. The van der Waals surface area contributed by atoms with Crippen LogP contribution in [-0.4, -0.2) is 17.9 Å². The Hall–Kier alpha value is -2.82. The lowest BCUT2D eigenvalue weighted by Gasteiger charge is -2.18. The molecule has 0 aliphatic rings. The van der Waals surface area contributed by atoms with Gasteiger partial charge in [0.15, 0.2) is 6.10 Å². The number of carbonyl (C=O) groups excluding carboxylic acids is 2. The van der Waals surface area contributed by atoms with E-state index in [1.807, 2.05) is 45.0 Å². The molecule has 0 saturated carbocycles. The van der Waals surface area contributed by atoms with Crippen molar-refractivity contribution in [2.24, 2.45) is 5.41 Å². The molecule has 2 aromatic carbocycles. The Bertz CT molecular complexity index is 820. The zero-order chi connectivity index (χ0) is 20.9. The molecule has 5 heteroatoms. The Morgan fingerprint density at radius 2 is 1.46 bits per heavy atom. The quantitative estimate of drug-likeness (QED) is 0.721. The summed E-state index contributed by atoms with van der Waals surface area (Å²) in [6, 6.07) is 14.8. The molecule has 2 amide bonds. The number of carbonyl (C=O) groups is 2. The van der Waals surface area contributed by atoms with Gasteiger partial charge in [-0.2, -0.15) is 0 Å². The van der Waals surface area contributed by atoms with E-state index in [9.17, 15) is 9.59 Å². The molecule has 1 atom stereocenters. The van der Waals surface area contributed by atoms with Crippen LogP contribution < -0.4 is 15.4 Å². The van der Waals surface area contributed by atoms with Gasteiger partial charge in [0, 0.05) is 16.8 Å². The van der Waals surface area contributed by atoms with Crippen LogP contribution in [0.15, 0.2) is 48.5 Å². The van der Waals surface area contributed by atoms with Gasteiger partial charge in [-0.05, 0) is 48.7 Å². The number of benzene rings is 2. The Morgan fingerprint density at radius 3 is 2.00 bits per heavy atom. The van der Waals surface area contributed by atoms with Crippen molar-refractivity contribution in [1.82, 2.24) is 0 Å². The van der Waals surface area contributed by atoms with E-state index < -0.39 is 11.5 Å². The predicted octanol–water partition coefficient (Wildman–Crippen LogP) is 5.20. The molecule has 0 spiro atoms. The second-order valence-electron chi connectivity index (χ2n) is 8.26. The SMILES string of the molecule is CC(Oc1ccc(C(C)C)cc1)C(=O)Nc1cccc(NC(=O)C(C)(C)C)c1. The summed E-state index contributed by atoms with van der Waals surface area (Å²) in [5, 5.41) is 5.69. The molecule has 0 fully saturated rings. The molecule has 0 aliphatic carbocycles. The number of hydrogen-bond donors (Lipinski definition) is 2. The van der Waals surface area contributed by atoms with Crippen LogP contribution in [0.25, 0.3) is 0 Å². The molecule has 2 rings (SSSR count). The molecule has 0 radical (unpaired) electrons. The Balaban J connectivity index is 1.98. The van der Waals surface area contributed by atoms with Crippen molar-refractivity contribution in [1.29, 1.82) is 0 Å². The van der Waals surface area contributed by atoms with Gasteiger partial charge < -0.3 is 15.4 Å². The van der Waals surface area contributed by atoms with Crippen LogP contribution in [0, 0.1) is 5.41 Å². The van der Waals surface area contributed by atoms with Crippen molar-refractivity contribution in [3.05, 3.63) is 54.1 Å². The molecule has 0 aliphatic heterocycles. The highest BCUT2D eigenvalue weighted by Crippen LogP contribution is 2.22. The summed E-state index contributed by atoms with van der Waals surface area (Å²) in [6.45, 7) is 11.5. The second-order valence-corrected chi connectivity index (χ2v) is 8.26. The van der Waals surface area contributed by atoms with E-state index in [2.05, 4.69) is 24.5 Å².